The number of nitrogens with zero attached hydrogens (tertiary/aromatic N) is 1. The minimum absolute atomic E-state index is 0.660. The van der Waals surface area contributed by atoms with E-state index in [2.05, 4.69) is 20.8 Å². The highest BCUT2D eigenvalue weighted by Gasteiger charge is 1.98. The Morgan fingerprint density at radius 2 is 2.20 bits per heavy atom. The molecule has 0 saturated heterocycles. The van der Waals surface area contributed by atoms with Gasteiger partial charge in [-0.05, 0) is 25.2 Å². The van der Waals surface area contributed by atoms with Crippen LogP contribution in [-0.2, 0) is 0 Å². The van der Waals surface area contributed by atoms with Gasteiger partial charge in [-0.1, -0.05) is 22.0 Å². The molecule has 0 unspecified atom stereocenters. The summed E-state index contributed by atoms with van der Waals surface area (Å²) < 4.78 is 6.63. The van der Waals surface area contributed by atoms with Crippen LogP contribution in [0.1, 0.15) is 0 Å². The maximum Gasteiger partial charge on any atom is 0.120 e. The number of hydrogen-bond donors (Lipinski definition) is 0. The Hall–Kier alpha value is -0.250. The first-order chi connectivity index (χ1) is 7.22. The summed E-state index contributed by atoms with van der Waals surface area (Å²) in [5, 5.41) is 0. The van der Waals surface area contributed by atoms with Gasteiger partial charge in [0.25, 0.3) is 0 Å². The topological polar surface area (TPSA) is 12.5 Å². The van der Waals surface area contributed by atoms with E-state index in [4.69, 9.17) is 16.3 Å². The minimum Gasteiger partial charge on any atom is -0.492 e. The Morgan fingerprint density at radius 1 is 1.40 bits per heavy atom. The molecule has 0 aromatic heterocycles. The van der Waals surface area contributed by atoms with Crippen molar-refractivity contribution in [2.75, 3.05) is 32.6 Å². The second kappa shape index (κ2) is 7.09. The van der Waals surface area contributed by atoms with Crippen molar-refractivity contribution in [3.05, 3.63) is 28.7 Å². The molecular weight excluding hydrogens is 277 g/mol. The first-order valence-electron chi connectivity index (χ1n) is 4.85. The average molecular weight is 293 g/mol. The van der Waals surface area contributed by atoms with Gasteiger partial charge in [0.05, 0.1) is 0 Å². The van der Waals surface area contributed by atoms with Crippen LogP contribution in [-0.4, -0.2) is 37.5 Å². The smallest absolute Gasteiger partial charge is 0.120 e. The van der Waals surface area contributed by atoms with Gasteiger partial charge >= 0.3 is 0 Å². The second-order valence-electron chi connectivity index (χ2n) is 3.30. The summed E-state index contributed by atoms with van der Waals surface area (Å²) in [5.41, 5.74) is 0. The van der Waals surface area contributed by atoms with Gasteiger partial charge in [0.1, 0.15) is 12.4 Å². The Kier molecular flexibility index (Phi) is 6.06. The molecule has 84 valence electrons. The Labute approximate surface area is 104 Å². The highest BCUT2D eigenvalue weighted by Crippen LogP contribution is 2.17. The first kappa shape index (κ1) is 12.8. The average Bonchev–Trinajstić information content (AvgIpc) is 2.18. The van der Waals surface area contributed by atoms with Crippen molar-refractivity contribution in [3.63, 3.8) is 0 Å². The maximum absolute atomic E-state index is 5.62. The lowest BCUT2D eigenvalue weighted by Crippen LogP contribution is -2.26. The standard InChI is InChI=1S/C11H15BrClNO/c1-14(6-5-13)7-8-15-11-4-2-3-10(12)9-11/h2-4,9H,5-8H2,1H3. The third kappa shape index (κ3) is 5.40. The van der Waals surface area contributed by atoms with Crippen molar-refractivity contribution in [1.29, 1.82) is 0 Å². The summed E-state index contributed by atoms with van der Waals surface area (Å²) in [7, 11) is 2.03. The Balaban J connectivity index is 2.25. The molecule has 4 heteroatoms. The third-order valence-electron chi connectivity index (χ3n) is 2.00. The van der Waals surface area contributed by atoms with E-state index in [1.165, 1.54) is 0 Å². The quantitative estimate of drug-likeness (QED) is 0.747. The van der Waals surface area contributed by atoms with Gasteiger partial charge in [-0.15, -0.1) is 11.6 Å². The van der Waals surface area contributed by atoms with E-state index in [0.717, 1.165) is 23.3 Å². The molecular formula is C11H15BrClNO. The summed E-state index contributed by atoms with van der Waals surface area (Å²) in [5.74, 6) is 1.55. The monoisotopic (exact) mass is 291 g/mol. The number of likely N-dealkylation sites (N-methyl/N-ethyl adjacent to an activating group) is 1. The molecule has 1 aromatic carbocycles. The Bertz CT molecular complexity index is 296. The third-order valence-corrected chi connectivity index (χ3v) is 2.67. The van der Waals surface area contributed by atoms with E-state index >= 15 is 0 Å². The molecule has 0 aliphatic heterocycles. The summed E-state index contributed by atoms with van der Waals surface area (Å²) in [4.78, 5) is 2.14. The molecule has 1 aromatic rings. The van der Waals surface area contributed by atoms with E-state index in [-0.39, 0.29) is 0 Å². The van der Waals surface area contributed by atoms with Crippen molar-refractivity contribution in [2.24, 2.45) is 0 Å². The lowest BCUT2D eigenvalue weighted by Gasteiger charge is -2.15. The molecule has 0 heterocycles. The van der Waals surface area contributed by atoms with E-state index in [1.807, 2.05) is 31.3 Å². The highest BCUT2D eigenvalue weighted by molar-refractivity contribution is 9.10. The zero-order chi connectivity index (χ0) is 11.1. The number of ether oxygens (including phenoxy) is 1. The van der Waals surface area contributed by atoms with Gasteiger partial charge in [-0.3, -0.25) is 0 Å². The fourth-order valence-corrected chi connectivity index (χ4v) is 1.80. The van der Waals surface area contributed by atoms with Gasteiger partial charge in [0, 0.05) is 23.4 Å². The molecule has 0 aliphatic rings. The van der Waals surface area contributed by atoms with E-state index < -0.39 is 0 Å². The molecule has 0 bridgehead atoms. The number of benzene rings is 1. The van der Waals surface area contributed by atoms with Crippen LogP contribution in [0.5, 0.6) is 5.75 Å². The largest absolute Gasteiger partial charge is 0.492 e. The maximum atomic E-state index is 5.62. The lowest BCUT2D eigenvalue weighted by atomic mass is 10.3. The van der Waals surface area contributed by atoms with E-state index in [9.17, 15) is 0 Å². The molecule has 0 fully saturated rings. The molecule has 0 amide bonds. The van der Waals surface area contributed by atoms with Crippen molar-refractivity contribution >= 4 is 27.5 Å². The number of rotatable bonds is 6. The van der Waals surface area contributed by atoms with Crippen LogP contribution in [0.25, 0.3) is 0 Å². The molecule has 0 radical (unpaired) electrons. The van der Waals surface area contributed by atoms with Gasteiger partial charge < -0.3 is 9.64 Å². The predicted molar refractivity (Wildman–Crippen MR) is 67.9 cm³/mol. The molecule has 0 atom stereocenters. The molecule has 0 aliphatic carbocycles. The predicted octanol–water partition coefficient (Wildman–Crippen LogP) is 3.00. The van der Waals surface area contributed by atoms with Crippen LogP contribution < -0.4 is 4.74 Å². The second-order valence-corrected chi connectivity index (χ2v) is 4.59. The summed E-state index contributed by atoms with van der Waals surface area (Å²) in [6.45, 7) is 2.46. The fraction of sp³-hybridized carbons (Fsp3) is 0.455. The van der Waals surface area contributed by atoms with E-state index in [0.29, 0.717) is 12.5 Å². The normalized spacial score (nSPS) is 10.7. The minimum atomic E-state index is 0.660. The van der Waals surface area contributed by atoms with Crippen molar-refractivity contribution in [3.8, 4) is 5.75 Å². The summed E-state index contributed by atoms with van der Waals surface area (Å²) >= 11 is 9.02. The van der Waals surface area contributed by atoms with Gasteiger partial charge in [-0.25, -0.2) is 0 Å². The van der Waals surface area contributed by atoms with Crippen molar-refractivity contribution in [1.82, 2.24) is 4.90 Å². The summed E-state index contributed by atoms with van der Waals surface area (Å²) in [6.07, 6.45) is 0. The molecule has 1 rings (SSSR count). The van der Waals surface area contributed by atoms with Gasteiger partial charge in [0.2, 0.25) is 0 Å². The lowest BCUT2D eigenvalue weighted by molar-refractivity contribution is 0.244. The van der Waals surface area contributed by atoms with Crippen LogP contribution in [0.4, 0.5) is 0 Å². The number of halogens is 2. The zero-order valence-corrected chi connectivity index (χ0v) is 11.1. The van der Waals surface area contributed by atoms with Gasteiger partial charge in [-0.2, -0.15) is 0 Å². The first-order valence-corrected chi connectivity index (χ1v) is 6.18. The fourth-order valence-electron chi connectivity index (χ4n) is 1.13. The van der Waals surface area contributed by atoms with Crippen LogP contribution in [0.15, 0.2) is 28.7 Å². The Morgan fingerprint density at radius 3 is 2.87 bits per heavy atom. The van der Waals surface area contributed by atoms with Crippen LogP contribution in [0, 0.1) is 0 Å². The SMILES string of the molecule is CN(CCCl)CCOc1cccc(Br)c1. The van der Waals surface area contributed by atoms with Crippen molar-refractivity contribution in [2.45, 2.75) is 0 Å². The van der Waals surface area contributed by atoms with E-state index in [1.54, 1.807) is 0 Å². The zero-order valence-electron chi connectivity index (χ0n) is 8.75. The summed E-state index contributed by atoms with van der Waals surface area (Å²) in [6, 6.07) is 7.85. The highest BCUT2D eigenvalue weighted by atomic mass is 79.9. The number of hydrogen-bond acceptors (Lipinski definition) is 2. The van der Waals surface area contributed by atoms with Crippen molar-refractivity contribution < 1.29 is 4.74 Å². The van der Waals surface area contributed by atoms with Crippen LogP contribution in [0.2, 0.25) is 0 Å². The van der Waals surface area contributed by atoms with Gasteiger partial charge in [0.15, 0.2) is 0 Å². The molecule has 15 heavy (non-hydrogen) atoms. The molecule has 0 N–H and O–H groups in total. The molecule has 0 saturated carbocycles. The number of alkyl halides is 1. The molecule has 2 nitrogen and oxygen atoms in total. The van der Waals surface area contributed by atoms with Crippen LogP contribution in [0.3, 0.4) is 0 Å². The van der Waals surface area contributed by atoms with Crippen LogP contribution >= 0.6 is 27.5 Å². The molecule has 0 spiro atoms.